The summed E-state index contributed by atoms with van der Waals surface area (Å²) in [6.45, 7) is 1.77. The van der Waals surface area contributed by atoms with Gasteiger partial charge in [0.2, 0.25) is 0 Å². The molecule has 0 fully saturated rings. The number of anilines is 1. The first-order valence-electron chi connectivity index (χ1n) is 5.79. The van der Waals surface area contributed by atoms with E-state index in [0.717, 1.165) is 0 Å². The molecule has 104 valence electrons. The van der Waals surface area contributed by atoms with Crippen LogP contribution in [0, 0.1) is 6.92 Å². The minimum absolute atomic E-state index is 0.302. The summed E-state index contributed by atoms with van der Waals surface area (Å²) >= 11 is 11.9. The quantitative estimate of drug-likeness (QED) is 0.933. The summed E-state index contributed by atoms with van der Waals surface area (Å²) in [4.78, 5) is 16.3. The van der Waals surface area contributed by atoms with Gasteiger partial charge in [-0.05, 0) is 37.3 Å². The van der Waals surface area contributed by atoms with Crippen molar-refractivity contribution < 1.29 is 9.53 Å². The lowest BCUT2D eigenvalue weighted by Gasteiger charge is -2.08. The topological polar surface area (TPSA) is 51.2 Å². The molecule has 0 saturated carbocycles. The number of nitrogens with zero attached hydrogens (tertiary/aromatic N) is 1. The lowest BCUT2D eigenvalue weighted by Crippen LogP contribution is -2.13. The normalized spacial score (nSPS) is 10.2. The third-order valence-corrected chi connectivity index (χ3v) is 3.37. The van der Waals surface area contributed by atoms with Crippen LogP contribution in [0.5, 0.6) is 5.75 Å². The third-order valence-electron chi connectivity index (χ3n) is 2.68. The van der Waals surface area contributed by atoms with Crippen LogP contribution in [0.3, 0.4) is 0 Å². The van der Waals surface area contributed by atoms with E-state index in [2.05, 4.69) is 10.3 Å². The summed E-state index contributed by atoms with van der Waals surface area (Å²) in [6, 6.07) is 8.12. The van der Waals surface area contributed by atoms with Gasteiger partial charge in [0.1, 0.15) is 11.6 Å². The molecule has 1 N–H and O–H groups in total. The van der Waals surface area contributed by atoms with Crippen molar-refractivity contribution in [1.82, 2.24) is 4.98 Å². The predicted octanol–water partition coefficient (Wildman–Crippen LogP) is 3.96. The van der Waals surface area contributed by atoms with Crippen molar-refractivity contribution in [3.05, 3.63) is 51.6 Å². The number of carbonyl (C=O) groups is 1. The maximum Gasteiger partial charge on any atom is 0.256 e. The highest BCUT2D eigenvalue weighted by atomic mass is 35.5. The lowest BCUT2D eigenvalue weighted by atomic mass is 10.2. The number of carbonyl (C=O) groups excluding carboxylic acids is 1. The Labute approximate surface area is 126 Å². The van der Waals surface area contributed by atoms with Crippen LogP contribution in [0.2, 0.25) is 10.0 Å². The minimum Gasteiger partial charge on any atom is -0.495 e. The van der Waals surface area contributed by atoms with Gasteiger partial charge in [0.15, 0.2) is 0 Å². The molecule has 0 aliphatic carbocycles. The summed E-state index contributed by atoms with van der Waals surface area (Å²) < 4.78 is 5.04. The van der Waals surface area contributed by atoms with Crippen LogP contribution in [0.15, 0.2) is 30.3 Å². The number of benzene rings is 1. The first kappa shape index (κ1) is 14.6. The van der Waals surface area contributed by atoms with E-state index in [1.165, 1.54) is 7.11 Å². The Morgan fingerprint density at radius 3 is 2.55 bits per heavy atom. The number of nitrogens with one attached hydrogen (secondary N) is 1. The van der Waals surface area contributed by atoms with E-state index >= 15 is 0 Å². The number of aryl methyl sites for hydroxylation is 1. The summed E-state index contributed by atoms with van der Waals surface area (Å²) in [5.41, 5.74) is 1.07. The summed E-state index contributed by atoms with van der Waals surface area (Å²) in [6.07, 6.45) is 0. The first-order chi connectivity index (χ1) is 9.51. The smallest absolute Gasteiger partial charge is 0.256 e. The van der Waals surface area contributed by atoms with E-state index in [-0.39, 0.29) is 5.91 Å². The molecule has 2 aromatic rings. The van der Waals surface area contributed by atoms with Crippen LogP contribution in [-0.2, 0) is 0 Å². The highest BCUT2D eigenvalue weighted by Gasteiger charge is 2.10. The van der Waals surface area contributed by atoms with Gasteiger partial charge >= 0.3 is 0 Å². The van der Waals surface area contributed by atoms with E-state index in [1.54, 1.807) is 37.3 Å². The Balaban J connectivity index is 2.19. The first-order valence-corrected chi connectivity index (χ1v) is 6.55. The molecule has 1 aromatic heterocycles. The van der Waals surface area contributed by atoms with Crippen molar-refractivity contribution in [3.8, 4) is 5.75 Å². The van der Waals surface area contributed by atoms with Gasteiger partial charge in [-0.1, -0.05) is 23.2 Å². The number of aromatic nitrogens is 1. The molecule has 4 nitrogen and oxygen atoms in total. The van der Waals surface area contributed by atoms with Gasteiger partial charge < -0.3 is 10.1 Å². The van der Waals surface area contributed by atoms with Crippen LogP contribution in [0.25, 0.3) is 0 Å². The maximum absolute atomic E-state index is 12.1. The van der Waals surface area contributed by atoms with E-state index in [9.17, 15) is 4.79 Å². The zero-order valence-corrected chi connectivity index (χ0v) is 12.4. The summed E-state index contributed by atoms with van der Waals surface area (Å²) in [5.74, 6) is 0.649. The molecule has 0 saturated heterocycles. The Morgan fingerprint density at radius 1 is 1.20 bits per heavy atom. The van der Waals surface area contributed by atoms with Crippen LogP contribution in [-0.4, -0.2) is 18.0 Å². The van der Waals surface area contributed by atoms with Crippen molar-refractivity contribution in [2.24, 2.45) is 0 Å². The van der Waals surface area contributed by atoms with Crippen LogP contribution >= 0.6 is 23.2 Å². The lowest BCUT2D eigenvalue weighted by molar-refractivity contribution is 0.102. The maximum atomic E-state index is 12.1. The van der Waals surface area contributed by atoms with E-state index in [4.69, 9.17) is 27.9 Å². The average Bonchev–Trinajstić information content (AvgIpc) is 2.42. The van der Waals surface area contributed by atoms with Gasteiger partial charge in [-0.2, -0.15) is 0 Å². The fourth-order valence-corrected chi connectivity index (χ4v) is 1.97. The molecule has 1 aromatic carbocycles. The Bertz CT molecular complexity index is 660. The number of methoxy groups -OCH3 is 1. The van der Waals surface area contributed by atoms with E-state index < -0.39 is 0 Å². The highest BCUT2D eigenvalue weighted by molar-refractivity contribution is 6.32. The second kappa shape index (κ2) is 6.11. The van der Waals surface area contributed by atoms with Crippen molar-refractivity contribution >= 4 is 34.9 Å². The standard InChI is InChI=1S/C14H12Cl2N2O2/c1-8-10(15)4-6-13(17-8)18-14(19)9-3-5-12(20-2)11(16)7-9/h3-7H,1-2H3,(H,17,18,19). The van der Waals surface area contributed by atoms with Crippen LogP contribution in [0.1, 0.15) is 16.1 Å². The fraction of sp³-hybridized carbons (Fsp3) is 0.143. The number of pyridine rings is 1. The average molecular weight is 311 g/mol. The molecule has 1 amide bonds. The zero-order chi connectivity index (χ0) is 14.7. The second-order valence-corrected chi connectivity index (χ2v) is 4.88. The van der Waals surface area contributed by atoms with E-state index in [0.29, 0.717) is 32.9 Å². The summed E-state index contributed by atoms with van der Waals surface area (Å²) in [5, 5.41) is 3.61. The molecule has 2 rings (SSSR count). The molecule has 6 heteroatoms. The second-order valence-electron chi connectivity index (χ2n) is 4.07. The number of halogens is 2. The minimum atomic E-state index is -0.302. The molecule has 0 radical (unpaired) electrons. The van der Waals surface area contributed by atoms with Gasteiger partial charge in [0, 0.05) is 5.56 Å². The molecule has 0 bridgehead atoms. The highest BCUT2D eigenvalue weighted by Crippen LogP contribution is 2.25. The third kappa shape index (κ3) is 3.21. The van der Waals surface area contributed by atoms with Crippen molar-refractivity contribution in [2.75, 3.05) is 12.4 Å². The SMILES string of the molecule is COc1ccc(C(=O)Nc2ccc(Cl)c(C)n2)cc1Cl. The van der Waals surface area contributed by atoms with Crippen LogP contribution in [0.4, 0.5) is 5.82 Å². The Kier molecular flexibility index (Phi) is 4.47. The van der Waals surface area contributed by atoms with Gasteiger partial charge in [0.25, 0.3) is 5.91 Å². The zero-order valence-electron chi connectivity index (χ0n) is 10.9. The molecule has 1 heterocycles. The van der Waals surface area contributed by atoms with Crippen molar-refractivity contribution in [3.63, 3.8) is 0 Å². The van der Waals surface area contributed by atoms with Crippen molar-refractivity contribution in [2.45, 2.75) is 6.92 Å². The number of rotatable bonds is 3. The molecule has 0 aliphatic heterocycles. The molecule has 0 aliphatic rings. The molecule has 0 atom stereocenters. The molecular formula is C14H12Cl2N2O2. The molecular weight excluding hydrogens is 299 g/mol. The van der Waals surface area contributed by atoms with Gasteiger partial charge in [0.05, 0.1) is 22.8 Å². The summed E-state index contributed by atoms with van der Waals surface area (Å²) in [7, 11) is 1.52. The van der Waals surface area contributed by atoms with Gasteiger partial charge in [-0.15, -0.1) is 0 Å². The van der Waals surface area contributed by atoms with Crippen molar-refractivity contribution in [1.29, 1.82) is 0 Å². The number of hydrogen-bond donors (Lipinski definition) is 1. The fourth-order valence-electron chi connectivity index (χ4n) is 1.61. The Hall–Kier alpha value is -1.78. The van der Waals surface area contributed by atoms with Crippen LogP contribution < -0.4 is 10.1 Å². The monoisotopic (exact) mass is 310 g/mol. The number of ether oxygens (including phenoxy) is 1. The predicted molar refractivity (Wildman–Crippen MR) is 79.9 cm³/mol. The Morgan fingerprint density at radius 2 is 1.95 bits per heavy atom. The molecule has 0 unspecified atom stereocenters. The molecule has 20 heavy (non-hydrogen) atoms. The largest absolute Gasteiger partial charge is 0.495 e. The van der Waals surface area contributed by atoms with Gasteiger partial charge in [-0.3, -0.25) is 4.79 Å². The van der Waals surface area contributed by atoms with Gasteiger partial charge in [-0.25, -0.2) is 4.98 Å². The number of amides is 1. The molecule has 0 spiro atoms. The van der Waals surface area contributed by atoms with E-state index in [1.807, 2.05) is 0 Å². The number of hydrogen-bond acceptors (Lipinski definition) is 3.